The quantitative estimate of drug-likeness (QED) is 0.682. The molecule has 2 fully saturated rings. The molecule has 2 aliphatic rings. The number of rotatable bonds is 3. The molecule has 0 amide bonds. The van der Waals surface area contributed by atoms with Crippen molar-refractivity contribution in [1.82, 2.24) is 5.32 Å². The van der Waals surface area contributed by atoms with Crippen molar-refractivity contribution in [3.8, 4) is 0 Å². The lowest BCUT2D eigenvalue weighted by Crippen LogP contribution is -2.48. The molecule has 0 heterocycles. The summed E-state index contributed by atoms with van der Waals surface area (Å²) in [5.74, 6) is 0.681. The zero-order chi connectivity index (χ0) is 11.4. The first-order valence-electron chi connectivity index (χ1n) is 6.93. The van der Waals surface area contributed by atoms with E-state index in [2.05, 4.69) is 5.32 Å². The maximum atomic E-state index is 9.48. The van der Waals surface area contributed by atoms with Crippen LogP contribution in [0.15, 0.2) is 0 Å². The summed E-state index contributed by atoms with van der Waals surface area (Å²) >= 11 is 0. The molecule has 0 radical (unpaired) electrons. The Morgan fingerprint density at radius 3 is 2.38 bits per heavy atom. The van der Waals surface area contributed by atoms with Gasteiger partial charge in [0.15, 0.2) is 0 Å². The smallest absolute Gasteiger partial charge is 0.0541 e. The lowest BCUT2D eigenvalue weighted by Gasteiger charge is -2.36. The standard InChI is InChI=1S/C13H26N2O/c14-9-10-3-1-2-4-13(10)15-11-5-7-12(16)8-6-11/h10-13,15-16H,1-9,14H2. The Kier molecular flexibility index (Phi) is 4.62. The van der Waals surface area contributed by atoms with E-state index >= 15 is 0 Å². The predicted molar refractivity (Wildman–Crippen MR) is 66.2 cm³/mol. The summed E-state index contributed by atoms with van der Waals surface area (Å²) in [7, 11) is 0. The monoisotopic (exact) mass is 226 g/mol. The van der Waals surface area contributed by atoms with Gasteiger partial charge in [0.05, 0.1) is 6.10 Å². The third-order valence-electron chi connectivity index (χ3n) is 4.36. The van der Waals surface area contributed by atoms with Gasteiger partial charge in [-0.25, -0.2) is 0 Å². The van der Waals surface area contributed by atoms with Crippen molar-refractivity contribution < 1.29 is 5.11 Å². The van der Waals surface area contributed by atoms with Crippen LogP contribution < -0.4 is 11.1 Å². The van der Waals surface area contributed by atoms with Gasteiger partial charge in [0.25, 0.3) is 0 Å². The molecule has 2 saturated carbocycles. The van der Waals surface area contributed by atoms with Gasteiger partial charge in [0.1, 0.15) is 0 Å². The molecule has 0 aliphatic heterocycles. The molecule has 0 aromatic heterocycles. The van der Waals surface area contributed by atoms with Gasteiger partial charge in [-0.1, -0.05) is 12.8 Å². The van der Waals surface area contributed by atoms with Crippen molar-refractivity contribution in [1.29, 1.82) is 0 Å². The van der Waals surface area contributed by atoms with Crippen molar-refractivity contribution in [3.05, 3.63) is 0 Å². The van der Waals surface area contributed by atoms with Crippen LogP contribution in [0.2, 0.25) is 0 Å². The highest BCUT2D eigenvalue weighted by molar-refractivity contribution is 4.86. The molecule has 16 heavy (non-hydrogen) atoms. The van der Waals surface area contributed by atoms with Gasteiger partial charge in [-0.15, -0.1) is 0 Å². The van der Waals surface area contributed by atoms with Crippen LogP contribution in [0.1, 0.15) is 51.4 Å². The van der Waals surface area contributed by atoms with Gasteiger partial charge in [-0.3, -0.25) is 0 Å². The van der Waals surface area contributed by atoms with Crippen LogP contribution in [0.4, 0.5) is 0 Å². The summed E-state index contributed by atoms with van der Waals surface area (Å²) in [5, 5.41) is 13.3. The normalized spacial score (nSPS) is 40.9. The third-order valence-corrected chi connectivity index (χ3v) is 4.36. The molecular formula is C13H26N2O. The molecule has 0 aromatic rings. The molecule has 0 spiro atoms. The highest BCUT2D eigenvalue weighted by atomic mass is 16.3. The van der Waals surface area contributed by atoms with E-state index in [0.717, 1.165) is 32.2 Å². The second kappa shape index (κ2) is 5.99. The van der Waals surface area contributed by atoms with Crippen LogP contribution >= 0.6 is 0 Å². The van der Waals surface area contributed by atoms with Crippen LogP contribution in [0.3, 0.4) is 0 Å². The second-order valence-corrected chi connectivity index (χ2v) is 5.56. The summed E-state index contributed by atoms with van der Waals surface area (Å²) in [5.41, 5.74) is 5.84. The maximum absolute atomic E-state index is 9.48. The first kappa shape index (κ1) is 12.3. The Morgan fingerprint density at radius 2 is 1.69 bits per heavy atom. The molecule has 3 heteroatoms. The van der Waals surface area contributed by atoms with E-state index in [9.17, 15) is 5.11 Å². The number of nitrogens with two attached hydrogens (primary N) is 1. The average molecular weight is 226 g/mol. The van der Waals surface area contributed by atoms with Crippen molar-refractivity contribution in [3.63, 3.8) is 0 Å². The minimum absolute atomic E-state index is 0.0466. The van der Waals surface area contributed by atoms with Gasteiger partial charge in [0, 0.05) is 12.1 Å². The van der Waals surface area contributed by atoms with Gasteiger partial charge >= 0.3 is 0 Å². The second-order valence-electron chi connectivity index (χ2n) is 5.56. The molecule has 2 rings (SSSR count). The largest absolute Gasteiger partial charge is 0.393 e. The number of nitrogens with one attached hydrogen (secondary N) is 1. The summed E-state index contributed by atoms with van der Waals surface area (Å²) in [6.45, 7) is 0.826. The van der Waals surface area contributed by atoms with Crippen molar-refractivity contribution in [2.45, 2.75) is 69.6 Å². The molecule has 2 aliphatic carbocycles. The van der Waals surface area contributed by atoms with Crippen molar-refractivity contribution in [2.75, 3.05) is 6.54 Å². The van der Waals surface area contributed by atoms with E-state index in [-0.39, 0.29) is 6.10 Å². The predicted octanol–water partition coefficient (Wildman–Crippen LogP) is 1.40. The fourth-order valence-corrected chi connectivity index (χ4v) is 3.25. The lowest BCUT2D eigenvalue weighted by molar-refractivity contribution is 0.108. The SMILES string of the molecule is NCC1CCCCC1NC1CCC(O)CC1. The van der Waals surface area contributed by atoms with Crippen molar-refractivity contribution >= 4 is 0 Å². The molecule has 4 N–H and O–H groups in total. The lowest BCUT2D eigenvalue weighted by atomic mass is 9.83. The number of hydrogen-bond acceptors (Lipinski definition) is 3. The Morgan fingerprint density at radius 1 is 1.00 bits per heavy atom. The molecule has 2 atom stereocenters. The zero-order valence-corrected chi connectivity index (χ0v) is 10.2. The molecular weight excluding hydrogens is 200 g/mol. The van der Waals surface area contributed by atoms with Crippen molar-refractivity contribution in [2.24, 2.45) is 11.7 Å². The molecule has 0 saturated heterocycles. The van der Waals surface area contributed by atoms with Gasteiger partial charge in [0.2, 0.25) is 0 Å². The minimum Gasteiger partial charge on any atom is -0.393 e. The average Bonchev–Trinajstić information content (AvgIpc) is 2.33. The molecule has 0 bridgehead atoms. The van der Waals surface area contributed by atoms with Crippen LogP contribution in [0, 0.1) is 5.92 Å². The Labute approximate surface area is 98.8 Å². The Balaban J connectivity index is 1.78. The minimum atomic E-state index is -0.0466. The summed E-state index contributed by atoms with van der Waals surface area (Å²) < 4.78 is 0. The molecule has 0 aromatic carbocycles. The Bertz CT molecular complexity index is 202. The number of aliphatic hydroxyl groups excluding tert-OH is 1. The van der Waals surface area contributed by atoms with Crippen LogP contribution in [0.25, 0.3) is 0 Å². The molecule has 3 nitrogen and oxygen atoms in total. The summed E-state index contributed by atoms with van der Waals surface area (Å²) in [6, 6.07) is 1.26. The van der Waals surface area contributed by atoms with E-state index in [1.54, 1.807) is 0 Å². The van der Waals surface area contributed by atoms with E-state index in [0.29, 0.717) is 18.0 Å². The van der Waals surface area contributed by atoms with Gasteiger partial charge in [-0.2, -0.15) is 0 Å². The first-order chi connectivity index (χ1) is 7.79. The summed E-state index contributed by atoms with van der Waals surface area (Å²) in [6.07, 6.45) is 9.45. The van der Waals surface area contributed by atoms with E-state index < -0.39 is 0 Å². The topological polar surface area (TPSA) is 58.3 Å². The zero-order valence-electron chi connectivity index (χ0n) is 10.2. The van der Waals surface area contributed by atoms with Crippen LogP contribution in [-0.2, 0) is 0 Å². The Hall–Kier alpha value is -0.120. The van der Waals surface area contributed by atoms with Crippen LogP contribution in [0.5, 0.6) is 0 Å². The molecule has 94 valence electrons. The van der Waals surface area contributed by atoms with E-state index in [1.165, 1.54) is 25.7 Å². The fraction of sp³-hybridized carbons (Fsp3) is 1.00. The summed E-state index contributed by atoms with van der Waals surface area (Å²) in [4.78, 5) is 0. The number of hydrogen-bond donors (Lipinski definition) is 3. The highest BCUT2D eigenvalue weighted by Gasteiger charge is 2.27. The first-order valence-corrected chi connectivity index (χ1v) is 6.93. The van der Waals surface area contributed by atoms with Gasteiger partial charge in [-0.05, 0) is 51.0 Å². The van der Waals surface area contributed by atoms with E-state index in [1.807, 2.05) is 0 Å². The fourth-order valence-electron chi connectivity index (χ4n) is 3.25. The molecule has 2 unspecified atom stereocenters. The van der Waals surface area contributed by atoms with E-state index in [4.69, 9.17) is 5.73 Å². The highest BCUT2D eigenvalue weighted by Crippen LogP contribution is 2.26. The van der Waals surface area contributed by atoms with Gasteiger partial charge < -0.3 is 16.2 Å². The van der Waals surface area contributed by atoms with Crippen LogP contribution in [-0.4, -0.2) is 29.8 Å². The number of aliphatic hydroxyl groups is 1. The maximum Gasteiger partial charge on any atom is 0.0541 e. The third kappa shape index (κ3) is 3.19.